The molecule has 1 aromatic carbocycles. The molecule has 0 amide bonds. The van der Waals surface area contributed by atoms with Gasteiger partial charge in [0.05, 0.1) is 25.9 Å². The summed E-state index contributed by atoms with van der Waals surface area (Å²) in [6.45, 7) is 4.59. The smallest absolute Gasteiger partial charge is 0.161 e. The predicted octanol–water partition coefficient (Wildman–Crippen LogP) is 1.85. The van der Waals surface area contributed by atoms with Crippen molar-refractivity contribution in [1.82, 2.24) is 4.90 Å². The number of hydrogen-bond acceptors (Lipinski definition) is 5. The highest BCUT2D eigenvalue weighted by atomic mass is 16.5. The number of nitrogens with zero attached hydrogens (tertiary/aromatic N) is 1. The zero-order valence-corrected chi connectivity index (χ0v) is 13.0. The number of benzene rings is 1. The van der Waals surface area contributed by atoms with Crippen LogP contribution in [0.2, 0.25) is 0 Å². The predicted molar refractivity (Wildman–Crippen MR) is 81.0 cm³/mol. The lowest BCUT2D eigenvalue weighted by atomic mass is 10.1. The molecule has 0 bridgehead atoms. The first-order valence-electron chi connectivity index (χ1n) is 7.38. The second-order valence-electron chi connectivity index (χ2n) is 5.52. The van der Waals surface area contributed by atoms with Crippen molar-refractivity contribution in [3.63, 3.8) is 0 Å². The molecular weight excluding hydrogens is 270 g/mol. The summed E-state index contributed by atoms with van der Waals surface area (Å²) >= 11 is 0. The minimum atomic E-state index is -0.563. The van der Waals surface area contributed by atoms with E-state index in [1.54, 1.807) is 7.11 Å². The van der Waals surface area contributed by atoms with E-state index in [1.165, 1.54) is 0 Å². The first-order valence-corrected chi connectivity index (χ1v) is 7.38. The molecule has 1 heterocycles. The molecule has 2 unspecified atom stereocenters. The molecule has 5 nitrogen and oxygen atoms in total. The quantitative estimate of drug-likeness (QED) is 0.868. The van der Waals surface area contributed by atoms with Gasteiger partial charge in [-0.2, -0.15) is 0 Å². The molecule has 0 aliphatic carbocycles. The maximum Gasteiger partial charge on any atom is 0.161 e. The van der Waals surface area contributed by atoms with Gasteiger partial charge in [0.1, 0.15) is 0 Å². The Morgan fingerprint density at radius 2 is 2.00 bits per heavy atom. The van der Waals surface area contributed by atoms with Crippen LogP contribution in [0.1, 0.15) is 25.0 Å². The van der Waals surface area contributed by atoms with Gasteiger partial charge in [-0.1, -0.05) is 6.07 Å². The zero-order chi connectivity index (χ0) is 15.2. The van der Waals surface area contributed by atoms with Crippen LogP contribution in [-0.2, 0) is 4.74 Å². The van der Waals surface area contributed by atoms with Gasteiger partial charge in [-0.05, 0) is 31.7 Å². The van der Waals surface area contributed by atoms with Gasteiger partial charge in [0, 0.05) is 26.1 Å². The third-order valence-corrected chi connectivity index (χ3v) is 3.78. The fraction of sp³-hybridized carbons (Fsp3) is 0.625. The molecule has 0 saturated carbocycles. The summed E-state index contributed by atoms with van der Waals surface area (Å²) in [4.78, 5) is 2.08. The van der Waals surface area contributed by atoms with Gasteiger partial charge in [-0.3, -0.25) is 4.90 Å². The molecule has 2 rings (SSSR count). The van der Waals surface area contributed by atoms with Crippen molar-refractivity contribution >= 4 is 0 Å². The summed E-state index contributed by atoms with van der Waals surface area (Å²) in [6, 6.07) is 5.90. The molecule has 0 spiro atoms. The Labute approximate surface area is 126 Å². The molecule has 0 aromatic heterocycles. The maximum absolute atomic E-state index is 10.4. The summed E-state index contributed by atoms with van der Waals surface area (Å²) in [6.07, 6.45) is 0.315. The number of aliphatic hydroxyl groups excluding tert-OH is 1. The number of aliphatic hydroxyl groups is 1. The summed E-state index contributed by atoms with van der Waals surface area (Å²) in [5.41, 5.74) is 0.843. The lowest BCUT2D eigenvalue weighted by Crippen LogP contribution is -2.35. The highest BCUT2D eigenvalue weighted by Gasteiger charge is 2.18. The Bertz CT molecular complexity index is 452. The van der Waals surface area contributed by atoms with E-state index in [2.05, 4.69) is 11.8 Å². The van der Waals surface area contributed by atoms with E-state index in [9.17, 15) is 5.11 Å². The fourth-order valence-corrected chi connectivity index (χ4v) is 2.31. The van der Waals surface area contributed by atoms with Crippen LogP contribution in [-0.4, -0.2) is 56.6 Å². The molecule has 118 valence electrons. The van der Waals surface area contributed by atoms with Gasteiger partial charge in [0.25, 0.3) is 0 Å². The van der Waals surface area contributed by atoms with Crippen molar-refractivity contribution < 1.29 is 19.3 Å². The van der Waals surface area contributed by atoms with Crippen molar-refractivity contribution in [2.75, 3.05) is 40.5 Å². The molecule has 0 fully saturated rings. The number of likely N-dealkylation sites (N-methyl/N-ethyl adjacent to an activating group) is 1. The molecule has 2 atom stereocenters. The van der Waals surface area contributed by atoms with Crippen LogP contribution in [0.5, 0.6) is 11.5 Å². The molecule has 1 N–H and O–H groups in total. The number of ether oxygens (including phenoxy) is 3. The van der Waals surface area contributed by atoms with Crippen LogP contribution in [0.25, 0.3) is 0 Å². The fourth-order valence-electron chi connectivity index (χ4n) is 2.31. The highest BCUT2D eigenvalue weighted by molar-refractivity contribution is 5.44. The Balaban J connectivity index is 2.02. The van der Waals surface area contributed by atoms with Gasteiger partial charge in [-0.25, -0.2) is 0 Å². The number of hydrogen-bond donors (Lipinski definition) is 1. The Kier molecular flexibility index (Phi) is 5.85. The van der Waals surface area contributed by atoms with Crippen molar-refractivity contribution in [1.29, 1.82) is 0 Å². The second-order valence-corrected chi connectivity index (χ2v) is 5.52. The number of fused-ring (bicyclic) bond motifs is 1. The van der Waals surface area contributed by atoms with Crippen LogP contribution in [0.4, 0.5) is 0 Å². The zero-order valence-electron chi connectivity index (χ0n) is 13.0. The summed E-state index contributed by atoms with van der Waals surface area (Å²) in [5, 5.41) is 10.4. The standard InChI is InChI=1S/C16H25NO4/c1-12(11-19-3)17(2)10-14(18)13-5-6-15-16(9-13)21-8-4-7-20-15/h5-6,9,12,14,18H,4,7-8,10-11H2,1-3H3. The first-order chi connectivity index (χ1) is 10.1. The lowest BCUT2D eigenvalue weighted by molar-refractivity contribution is 0.0708. The normalized spacial score (nSPS) is 17.4. The van der Waals surface area contributed by atoms with Crippen LogP contribution in [0.15, 0.2) is 18.2 Å². The summed E-state index contributed by atoms with van der Waals surface area (Å²) in [5.74, 6) is 1.47. The van der Waals surface area contributed by atoms with Crippen LogP contribution in [0, 0.1) is 0 Å². The van der Waals surface area contributed by atoms with Gasteiger partial charge >= 0.3 is 0 Å². The van der Waals surface area contributed by atoms with Crippen LogP contribution in [0.3, 0.4) is 0 Å². The topological polar surface area (TPSA) is 51.2 Å². The van der Waals surface area contributed by atoms with Crippen LogP contribution < -0.4 is 9.47 Å². The van der Waals surface area contributed by atoms with Crippen molar-refractivity contribution in [2.24, 2.45) is 0 Å². The molecule has 1 aliphatic heterocycles. The van der Waals surface area contributed by atoms with Gasteiger partial charge in [0.2, 0.25) is 0 Å². The van der Waals surface area contributed by atoms with E-state index >= 15 is 0 Å². The average molecular weight is 295 g/mol. The minimum absolute atomic E-state index is 0.255. The first kappa shape index (κ1) is 16.1. The molecule has 5 heteroatoms. The van der Waals surface area contributed by atoms with Gasteiger partial charge in [-0.15, -0.1) is 0 Å². The molecule has 1 aliphatic rings. The average Bonchev–Trinajstić information content (AvgIpc) is 2.71. The SMILES string of the molecule is COCC(C)N(C)CC(O)c1ccc2c(c1)OCCCO2. The van der Waals surface area contributed by atoms with Crippen molar-refractivity contribution in [3.05, 3.63) is 23.8 Å². The molecular formula is C16H25NO4. The van der Waals surface area contributed by atoms with Crippen molar-refractivity contribution in [3.8, 4) is 11.5 Å². The van der Waals surface area contributed by atoms with Gasteiger partial charge < -0.3 is 19.3 Å². The lowest BCUT2D eigenvalue weighted by Gasteiger charge is -2.26. The van der Waals surface area contributed by atoms with Gasteiger partial charge in [0.15, 0.2) is 11.5 Å². The third kappa shape index (κ3) is 4.33. The second kappa shape index (κ2) is 7.64. The van der Waals surface area contributed by atoms with Crippen molar-refractivity contribution in [2.45, 2.75) is 25.5 Å². The largest absolute Gasteiger partial charge is 0.490 e. The van der Waals surface area contributed by atoms with Crippen LogP contribution >= 0.6 is 0 Å². The molecule has 1 aromatic rings. The van der Waals surface area contributed by atoms with E-state index in [4.69, 9.17) is 14.2 Å². The Morgan fingerprint density at radius 3 is 2.71 bits per heavy atom. The Hall–Kier alpha value is -1.30. The van der Waals surface area contributed by atoms with E-state index in [-0.39, 0.29) is 6.04 Å². The van der Waals surface area contributed by atoms with E-state index in [0.717, 1.165) is 23.5 Å². The number of rotatable bonds is 6. The summed E-state index contributed by atoms with van der Waals surface area (Å²) in [7, 11) is 3.67. The summed E-state index contributed by atoms with van der Waals surface area (Å²) < 4.78 is 16.4. The van der Waals surface area contributed by atoms with E-state index in [0.29, 0.717) is 26.4 Å². The Morgan fingerprint density at radius 1 is 1.29 bits per heavy atom. The molecule has 0 saturated heterocycles. The number of methoxy groups -OCH3 is 1. The highest BCUT2D eigenvalue weighted by Crippen LogP contribution is 2.32. The monoisotopic (exact) mass is 295 g/mol. The maximum atomic E-state index is 10.4. The third-order valence-electron chi connectivity index (χ3n) is 3.78. The van der Waals surface area contributed by atoms with E-state index < -0.39 is 6.10 Å². The minimum Gasteiger partial charge on any atom is -0.490 e. The van der Waals surface area contributed by atoms with E-state index in [1.807, 2.05) is 25.2 Å². The molecule has 0 radical (unpaired) electrons. The molecule has 21 heavy (non-hydrogen) atoms.